The zero-order valence-electron chi connectivity index (χ0n) is 8.13. The van der Waals surface area contributed by atoms with Crippen molar-refractivity contribution in [2.45, 2.75) is 44.1 Å². The van der Waals surface area contributed by atoms with Crippen LogP contribution < -0.4 is 0 Å². The Hall–Kier alpha value is -0.740. The highest BCUT2D eigenvalue weighted by molar-refractivity contribution is 5.00. The van der Waals surface area contributed by atoms with Gasteiger partial charge in [-0.15, -0.1) is 18.9 Å². The molecule has 2 atom stereocenters. The molecule has 0 aromatic heterocycles. The second kappa shape index (κ2) is 4.48. The first-order valence-corrected chi connectivity index (χ1v) is 4.99. The van der Waals surface area contributed by atoms with E-state index in [1.165, 1.54) is 6.42 Å². The Balaban J connectivity index is 2.65. The third kappa shape index (κ3) is 2.35. The molecule has 1 nitrogen and oxygen atoms in total. The first-order valence-electron chi connectivity index (χ1n) is 4.99. The molecule has 0 bridgehead atoms. The van der Waals surface area contributed by atoms with E-state index in [1.54, 1.807) is 6.08 Å². The van der Waals surface area contributed by atoms with Crippen LogP contribution in [0.15, 0.2) is 12.7 Å². The summed E-state index contributed by atoms with van der Waals surface area (Å²) >= 11 is 0. The maximum atomic E-state index is 10.3. The van der Waals surface area contributed by atoms with Gasteiger partial charge in [0.15, 0.2) is 0 Å². The minimum Gasteiger partial charge on any atom is -0.389 e. The molecule has 1 aliphatic carbocycles. The fourth-order valence-corrected chi connectivity index (χ4v) is 2.25. The van der Waals surface area contributed by atoms with Gasteiger partial charge in [0.1, 0.15) is 0 Å². The smallest absolute Gasteiger partial charge is 0.0719 e. The zero-order chi connectivity index (χ0) is 9.73. The maximum Gasteiger partial charge on any atom is 0.0719 e. The van der Waals surface area contributed by atoms with Crippen molar-refractivity contribution in [3.63, 3.8) is 0 Å². The first-order chi connectivity index (χ1) is 6.23. The van der Waals surface area contributed by atoms with Crippen LogP contribution in [0.3, 0.4) is 0 Å². The summed E-state index contributed by atoms with van der Waals surface area (Å²) in [5, 5.41) is 10.3. The summed E-state index contributed by atoms with van der Waals surface area (Å²) in [5.41, 5.74) is -0.563. The Labute approximate surface area is 80.9 Å². The second-order valence-corrected chi connectivity index (χ2v) is 3.95. The molecular formula is C12H18O. The van der Waals surface area contributed by atoms with Crippen molar-refractivity contribution >= 4 is 0 Å². The molecule has 13 heavy (non-hydrogen) atoms. The Morgan fingerprint density at radius 3 is 3.00 bits per heavy atom. The number of aliphatic hydroxyl groups is 1. The Morgan fingerprint density at radius 1 is 1.62 bits per heavy atom. The number of rotatable bonds is 3. The number of terminal acetylenes is 1. The van der Waals surface area contributed by atoms with Crippen molar-refractivity contribution in [2.75, 3.05) is 0 Å². The molecule has 1 fully saturated rings. The summed E-state index contributed by atoms with van der Waals surface area (Å²) in [4.78, 5) is 0. The molecule has 0 heterocycles. The van der Waals surface area contributed by atoms with E-state index in [9.17, 15) is 5.11 Å². The van der Waals surface area contributed by atoms with E-state index in [2.05, 4.69) is 12.5 Å². The lowest BCUT2D eigenvalue weighted by molar-refractivity contribution is -0.0435. The molecule has 1 heteroatoms. The monoisotopic (exact) mass is 178 g/mol. The van der Waals surface area contributed by atoms with Gasteiger partial charge in [-0.2, -0.15) is 0 Å². The van der Waals surface area contributed by atoms with Gasteiger partial charge >= 0.3 is 0 Å². The predicted molar refractivity (Wildman–Crippen MR) is 55.2 cm³/mol. The molecular weight excluding hydrogens is 160 g/mol. The Bertz CT molecular complexity index is 214. The van der Waals surface area contributed by atoms with Gasteiger partial charge < -0.3 is 5.11 Å². The van der Waals surface area contributed by atoms with Crippen LogP contribution in [0.2, 0.25) is 0 Å². The van der Waals surface area contributed by atoms with E-state index in [1.807, 2.05) is 0 Å². The van der Waals surface area contributed by atoms with E-state index in [0.29, 0.717) is 12.8 Å². The van der Waals surface area contributed by atoms with Crippen LogP contribution >= 0.6 is 0 Å². The Morgan fingerprint density at radius 2 is 2.38 bits per heavy atom. The van der Waals surface area contributed by atoms with Gasteiger partial charge in [0.2, 0.25) is 0 Å². The van der Waals surface area contributed by atoms with Crippen LogP contribution in [0, 0.1) is 18.3 Å². The summed E-state index contributed by atoms with van der Waals surface area (Å²) in [6.07, 6.45) is 12.7. The minimum atomic E-state index is -0.563. The standard InChI is InChI=1S/C12H18O/c1-3-7-11-8-5-6-10-12(11,13)9-4-2/h1,4,11,13H,2,5-10H2. The van der Waals surface area contributed by atoms with Crippen molar-refractivity contribution < 1.29 is 5.11 Å². The lowest BCUT2D eigenvalue weighted by Crippen LogP contribution is -2.40. The molecule has 0 radical (unpaired) electrons. The predicted octanol–water partition coefficient (Wildman–Crippen LogP) is 2.51. The molecule has 0 saturated heterocycles. The summed E-state index contributed by atoms with van der Waals surface area (Å²) < 4.78 is 0. The molecule has 1 saturated carbocycles. The van der Waals surface area contributed by atoms with E-state index < -0.39 is 5.60 Å². The maximum absolute atomic E-state index is 10.3. The molecule has 2 unspecified atom stereocenters. The van der Waals surface area contributed by atoms with Crippen molar-refractivity contribution in [3.05, 3.63) is 12.7 Å². The van der Waals surface area contributed by atoms with E-state index in [-0.39, 0.29) is 5.92 Å². The number of hydrogen-bond donors (Lipinski definition) is 1. The van der Waals surface area contributed by atoms with Gasteiger partial charge in [-0.3, -0.25) is 0 Å². The van der Waals surface area contributed by atoms with Crippen LogP contribution in [0.5, 0.6) is 0 Å². The lowest BCUT2D eigenvalue weighted by Gasteiger charge is -2.38. The van der Waals surface area contributed by atoms with Crippen molar-refractivity contribution in [1.29, 1.82) is 0 Å². The summed E-state index contributed by atoms with van der Waals surface area (Å²) in [7, 11) is 0. The molecule has 0 spiro atoms. The van der Waals surface area contributed by atoms with E-state index in [0.717, 1.165) is 19.3 Å². The molecule has 1 rings (SSSR count). The molecule has 0 aliphatic heterocycles. The third-order valence-corrected chi connectivity index (χ3v) is 3.03. The Kier molecular flexibility index (Phi) is 3.57. The van der Waals surface area contributed by atoms with Crippen molar-refractivity contribution in [1.82, 2.24) is 0 Å². The van der Waals surface area contributed by atoms with Gasteiger partial charge in [-0.1, -0.05) is 18.9 Å². The molecule has 1 N–H and O–H groups in total. The van der Waals surface area contributed by atoms with Gasteiger partial charge in [-0.05, 0) is 25.2 Å². The van der Waals surface area contributed by atoms with Gasteiger partial charge in [-0.25, -0.2) is 0 Å². The van der Waals surface area contributed by atoms with E-state index in [4.69, 9.17) is 6.42 Å². The van der Waals surface area contributed by atoms with E-state index >= 15 is 0 Å². The third-order valence-electron chi connectivity index (χ3n) is 3.03. The zero-order valence-corrected chi connectivity index (χ0v) is 8.13. The summed E-state index contributed by atoms with van der Waals surface area (Å²) in [6.45, 7) is 3.68. The van der Waals surface area contributed by atoms with Crippen LogP contribution in [0.25, 0.3) is 0 Å². The number of hydrogen-bond acceptors (Lipinski definition) is 1. The van der Waals surface area contributed by atoms with Gasteiger partial charge in [0.05, 0.1) is 5.60 Å². The second-order valence-electron chi connectivity index (χ2n) is 3.95. The fourth-order valence-electron chi connectivity index (χ4n) is 2.25. The summed E-state index contributed by atoms with van der Waals surface area (Å²) in [6, 6.07) is 0. The highest BCUT2D eigenvalue weighted by Gasteiger charge is 2.36. The molecule has 0 aromatic carbocycles. The normalized spacial score (nSPS) is 33.7. The van der Waals surface area contributed by atoms with Crippen molar-refractivity contribution in [3.8, 4) is 12.3 Å². The van der Waals surface area contributed by atoms with Crippen LogP contribution in [-0.2, 0) is 0 Å². The average Bonchev–Trinajstić information content (AvgIpc) is 2.10. The van der Waals surface area contributed by atoms with Gasteiger partial charge in [0, 0.05) is 6.42 Å². The summed E-state index contributed by atoms with van der Waals surface area (Å²) in [5.74, 6) is 2.94. The highest BCUT2D eigenvalue weighted by Crippen LogP contribution is 2.38. The SMILES string of the molecule is C#CCC1CCCCC1(O)CC=C. The van der Waals surface area contributed by atoms with Crippen molar-refractivity contribution in [2.24, 2.45) is 5.92 Å². The molecule has 72 valence electrons. The lowest BCUT2D eigenvalue weighted by atomic mass is 9.72. The van der Waals surface area contributed by atoms with Crippen LogP contribution in [-0.4, -0.2) is 10.7 Å². The minimum absolute atomic E-state index is 0.282. The molecule has 1 aliphatic rings. The fraction of sp³-hybridized carbons (Fsp3) is 0.667. The topological polar surface area (TPSA) is 20.2 Å². The molecule has 0 amide bonds. The van der Waals surface area contributed by atoms with Gasteiger partial charge in [0.25, 0.3) is 0 Å². The largest absolute Gasteiger partial charge is 0.389 e. The quantitative estimate of drug-likeness (QED) is 0.520. The van der Waals surface area contributed by atoms with Crippen LogP contribution in [0.1, 0.15) is 38.5 Å². The molecule has 0 aromatic rings. The van der Waals surface area contributed by atoms with Crippen LogP contribution in [0.4, 0.5) is 0 Å². The first kappa shape index (κ1) is 10.3. The average molecular weight is 178 g/mol. The highest BCUT2D eigenvalue weighted by atomic mass is 16.3.